The lowest BCUT2D eigenvalue weighted by Crippen LogP contribution is -2.10. The summed E-state index contributed by atoms with van der Waals surface area (Å²) in [5, 5.41) is 9.82. The van der Waals surface area contributed by atoms with E-state index in [1.807, 2.05) is 6.92 Å². The second-order valence-electron chi connectivity index (χ2n) is 5.66. The van der Waals surface area contributed by atoms with E-state index in [0.717, 1.165) is 6.42 Å². The molecule has 3 heteroatoms. The molecule has 0 aliphatic heterocycles. The first-order valence-electron chi connectivity index (χ1n) is 7.66. The van der Waals surface area contributed by atoms with Crippen LogP contribution in [-0.4, -0.2) is 17.6 Å². The van der Waals surface area contributed by atoms with Gasteiger partial charge in [0, 0.05) is 18.4 Å². The number of alkyl halides is 1. The highest BCUT2D eigenvalue weighted by molar-refractivity contribution is 5.90. The molecule has 1 unspecified atom stereocenters. The molecular weight excluding hydrogens is 243 g/mol. The van der Waals surface area contributed by atoms with Gasteiger partial charge >= 0.3 is 0 Å². The normalized spacial score (nSPS) is 19.4. The summed E-state index contributed by atoms with van der Waals surface area (Å²) < 4.78 is 12.3. The molecule has 0 aromatic heterocycles. The summed E-state index contributed by atoms with van der Waals surface area (Å²) in [5.41, 5.74) is 0. The van der Waals surface area contributed by atoms with Crippen molar-refractivity contribution in [3.63, 3.8) is 0 Å². The molecule has 0 spiro atoms. The summed E-state index contributed by atoms with van der Waals surface area (Å²) in [7, 11) is 0. The van der Waals surface area contributed by atoms with Crippen molar-refractivity contribution in [3.05, 3.63) is 11.8 Å². The van der Waals surface area contributed by atoms with Crippen LogP contribution in [0.25, 0.3) is 0 Å². The Morgan fingerprint density at radius 1 is 1.37 bits per heavy atom. The van der Waals surface area contributed by atoms with Crippen LogP contribution in [0, 0.1) is 11.8 Å². The molecule has 1 fully saturated rings. The van der Waals surface area contributed by atoms with Gasteiger partial charge in [0.2, 0.25) is 0 Å². The monoisotopic (exact) mass is 270 g/mol. The molecule has 19 heavy (non-hydrogen) atoms. The van der Waals surface area contributed by atoms with Crippen molar-refractivity contribution in [3.8, 4) is 0 Å². The van der Waals surface area contributed by atoms with Crippen molar-refractivity contribution in [1.29, 1.82) is 0 Å². The molecule has 0 radical (unpaired) electrons. The van der Waals surface area contributed by atoms with Crippen molar-refractivity contribution in [1.82, 2.24) is 0 Å². The Labute approximate surface area is 116 Å². The van der Waals surface area contributed by atoms with E-state index in [0.29, 0.717) is 25.2 Å². The summed E-state index contributed by atoms with van der Waals surface area (Å²) in [6, 6.07) is 0. The van der Waals surface area contributed by atoms with E-state index in [2.05, 4.69) is 0 Å². The predicted octanol–water partition coefficient (Wildman–Crippen LogP) is 4.74. The number of allylic oxidation sites excluding steroid dienone is 2. The predicted molar refractivity (Wildman–Crippen MR) is 75.9 cm³/mol. The molecule has 0 heterocycles. The zero-order chi connectivity index (χ0) is 14.1. The number of aliphatic hydroxyl groups excluding tert-OH is 1. The fraction of sp³-hybridized carbons (Fsp3) is 0.812. The van der Waals surface area contributed by atoms with E-state index < -0.39 is 6.67 Å². The largest absolute Gasteiger partial charge is 0.512 e. The number of hydrogen-bond donors (Lipinski definition) is 1. The second kappa shape index (κ2) is 9.11. The van der Waals surface area contributed by atoms with Crippen molar-refractivity contribution in [2.45, 2.75) is 64.7 Å². The van der Waals surface area contributed by atoms with Crippen LogP contribution in [0.1, 0.15) is 64.7 Å². The lowest BCUT2D eigenvalue weighted by molar-refractivity contribution is -0.115. The highest BCUT2D eigenvalue weighted by Crippen LogP contribution is 2.27. The van der Waals surface area contributed by atoms with Gasteiger partial charge in [0.05, 0.1) is 12.4 Å². The summed E-state index contributed by atoms with van der Waals surface area (Å²) in [5.74, 6) is 0.527. The van der Waals surface area contributed by atoms with Gasteiger partial charge in [0.1, 0.15) is 0 Å². The van der Waals surface area contributed by atoms with Crippen LogP contribution in [-0.2, 0) is 4.79 Å². The number of carbonyl (C=O) groups is 1. The standard InChI is InChI=1S/C16H27FO2/c1-2-14(10-11-17)16(19)12-15(18)9-8-13-6-4-3-5-7-13/h12-14,19H,2-11H2,1H3/b16-12-. The molecule has 0 aromatic rings. The average molecular weight is 270 g/mol. The molecule has 0 aromatic carbocycles. The molecule has 1 saturated carbocycles. The smallest absolute Gasteiger partial charge is 0.159 e. The number of hydrogen-bond acceptors (Lipinski definition) is 2. The molecule has 1 aliphatic rings. The third-order valence-electron chi connectivity index (χ3n) is 4.20. The van der Waals surface area contributed by atoms with Gasteiger partial charge in [-0.3, -0.25) is 9.18 Å². The minimum atomic E-state index is -0.452. The van der Waals surface area contributed by atoms with E-state index in [4.69, 9.17) is 0 Å². The number of ketones is 1. The van der Waals surface area contributed by atoms with Gasteiger partial charge in [-0.1, -0.05) is 39.0 Å². The lowest BCUT2D eigenvalue weighted by atomic mass is 9.85. The van der Waals surface area contributed by atoms with Crippen molar-refractivity contribution < 1.29 is 14.3 Å². The molecule has 110 valence electrons. The number of aliphatic hydroxyl groups is 1. The molecular formula is C16H27FO2. The molecule has 1 atom stereocenters. The van der Waals surface area contributed by atoms with Crippen LogP contribution in [0.4, 0.5) is 4.39 Å². The topological polar surface area (TPSA) is 37.3 Å². The van der Waals surface area contributed by atoms with E-state index in [1.54, 1.807) is 0 Å². The summed E-state index contributed by atoms with van der Waals surface area (Å²) in [6.07, 6.45) is 10.1. The number of halogens is 1. The fourth-order valence-corrected chi connectivity index (χ4v) is 2.87. The van der Waals surface area contributed by atoms with Gasteiger partial charge < -0.3 is 5.11 Å². The van der Waals surface area contributed by atoms with Gasteiger partial charge in [0.25, 0.3) is 0 Å². The first kappa shape index (κ1) is 16.2. The van der Waals surface area contributed by atoms with Crippen LogP contribution in [0.15, 0.2) is 11.8 Å². The summed E-state index contributed by atoms with van der Waals surface area (Å²) >= 11 is 0. The van der Waals surface area contributed by atoms with Gasteiger partial charge in [-0.2, -0.15) is 0 Å². The third kappa shape index (κ3) is 6.22. The van der Waals surface area contributed by atoms with Gasteiger partial charge in [-0.15, -0.1) is 0 Å². The first-order valence-corrected chi connectivity index (χ1v) is 7.66. The zero-order valence-electron chi connectivity index (χ0n) is 12.0. The fourth-order valence-electron chi connectivity index (χ4n) is 2.87. The Hall–Kier alpha value is -0.860. The maximum Gasteiger partial charge on any atom is 0.159 e. The third-order valence-corrected chi connectivity index (χ3v) is 4.20. The molecule has 0 bridgehead atoms. The lowest BCUT2D eigenvalue weighted by Gasteiger charge is -2.20. The maximum atomic E-state index is 12.3. The summed E-state index contributed by atoms with van der Waals surface area (Å²) in [6.45, 7) is 1.45. The molecule has 1 aliphatic carbocycles. The van der Waals surface area contributed by atoms with Crippen LogP contribution in [0.5, 0.6) is 0 Å². The summed E-state index contributed by atoms with van der Waals surface area (Å²) in [4.78, 5) is 11.8. The van der Waals surface area contributed by atoms with Crippen LogP contribution in [0.3, 0.4) is 0 Å². The Kier molecular flexibility index (Phi) is 7.76. The zero-order valence-corrected chi connectivity index (χ0v) is 12.0. The Morgan fingerprint density at radius 2 is 2.05 bits per heavy atom. The van der Waals surface area contributed by atoms with Crippen LogP contribution in [0.2, 0.25) is 0 Å². The minimum Gasteiger partial charge on any atom is -0.512 e. The van der Waals surface area contributed by atoms with Gasteiger partial charge in [-0.25, -0.2) is 0 Å². The van der Waals surface area contributed by atoms with Gasteiger partial charge in [-0.05, 0) is 25.2 Å². The molecule has 1 N–H and O–H groups in total. The van der Waals surface area contributed by atoms with Crippen molar-refractivity contribution in [2.75, 3.05) is 6.67 Å². The number of carbonyl (C=O) groups excluding carboxylic acids is 1. The molecule has 1 rings (SSSR count). The van der Waals surface area contributed by atoms with Crippen LogP contribution < -0.4 is 0 Å². The minimum absolute atomic E-state index is 0.0135. The quantitative estimate of drug-likeness (QED) is 0.511. The second-order valence-corrected chi connectivity index (χ2v) is 5.66. The van der Waals surface area contributed by atoms with E-state index in [1.165, 1.54) is 38.2 Å². The first-order chi connectivity index (χ1) is 9.17. The molecule has 0 saturated heterocycles. The highest BCUT2D eigenvalue weighted by atomic mass is 19.1. The van der Waals surface area contributed by atoms with Gasteiger partial charge in [0.15, 0.2) is 5.78 Å². The Morgan fingerprint density at radius 3 is 2.63 bits per heavy atom. The van der Waals surface area contributed by atoms with Crippen molar-refractivity contribution >= 4 is 5.78 Å². The van der Waals surface area contributed by atoms with E-state index in [-0.39, 0.29) is 17.5 Å². The average Bonchev–Trinajstić information content (AvgIpc) is 2.43. The van der Waals surface area contributed by atoms with E-state index >= 15 is 0 Å². The Balaban J connectivity index is 2.35. The maximum absolute atomic E-state index is 12.3. The molecule has 0 amide bonds. The number of rotatable bonds is 8. The molecule has 2 nitrogen and oxygen atoms in total. The van der Waals surface area contributed by atoms with Crippen molar-refractivity contribution in [2.24, 2.45) is 11.8 Å². The van der Waals surface area contributed by atoms with Crippen LogP contribution >= 0.6 is 0 Å². The van der Waals surface area contributed by atoms with E-state index in [9.17, 15) is 14.3 Å². The Bertz CT molecular complexity index is 293. The SMILES string of the molecule is CCC(CCF)/C(O)=C/C(=O)CCC1CCCCC1. The highest BCUT2D eigenvalue weighted by Gasteiger charge is 2.16.